The predicted molar refractivity (Wildman–Crippen MR) is 79.5 cm³/mol. The minimum Gasteiger partial charge on any atom is -0.363 e. The number of halogens is 1. The van der Waals surface area contributed by atoms with Gasteiger partial charge in [-0.2, -0.15) is 0 Å². The number of hydrogen-bond acceptors (Lipinski definition) is 3. The molecule has 2 heterocycles. The molecular formula is C14H13ClN2S. The lowest BCUT2D eigenvalue weighted by Gasteiger charge is -2.18. The van der Waals surface area contributed by atoms with E-state index >= 15 is 0 Å². The van der Waals surface area contributed by atoms with Gasteiger partial charge in [0.1, 0.15) is 0 Å². The fourth-order valence-corrected chi connectivity index (χ4v) is 3.96. The third-order valence-electron chi connectivity index (χ3n) is 3.13. The van der Waals surface area contributed by atoms with Gasteiger partial charge in [0, 0.05) is 15.8 Å². The Bertz CT molecular complexity index is 642. The molecule has 1 aromatic heterocycles. The minimum atomic E-state index is 0.0523. The Hall–Kier alpha value is -1.32. The van der Waals surface area contributed by atoms with Gasteiger partial charge in [0.15, 0.2) is 0 Å². The molecule has 1 atom stereocenters. The lowest BCUT2D eigenvalue weighted by Crippen LogP contribution is -2.22. The van der Waals surface area contributed by atoms with Gasteiger partial charge in [-0.1, -0.05) is 36.7 Å². The number of thiophene rings is 1. The molecule has 0 amide bonds. The summed E-state index contributed by atoms with van der Waals surface area (Å²) in [5.74, 6) is 0. The molecule has 1 N–H and O–H groups in total. The Labute approximate surface area is 115 Å². The van der Waals surface area contributed by atoms with E-state index in [4.69, 9.17) is 11.6 Å². The molecule has 3 rings (SSSR count). The van der Waals surface area contributed by atoms with Crippen molar-refractivity contribution in [3.63, 3.8) is 0 Å². The lowest BCUT2D eigenvalue weighted by atomic mass is 10.0. The van der Waals surface area contributed by atoms with Crippen LogP contribution in [0.15, 0.2) is 40.5 Å². The van der Waals surface area contributed by atoms with Gasteiger partial charge in [-0.3, -0.25) is 0 Å². The normalized spacial score (nSPS) is 18.8. The molecular weight excluding hydrogens is 264 g/mol. The van der Waals surface area contributed by atoms with Gasteiger partial charge in [0.2, 0.25) is 0 Å². The standard InChI is InChI=1S/C14H13ClN2S/c1-2-9-10-5-3-4-6-12(10)18-14(9)13-11(15)7-16-8-17-13/h3-8,13H,2H2,1H3,(H,16,17). The van der Waals surface area contributed by atoms with Gasteiger partial charge < -0.3 is 5.32 Å². The van der Waals surface area contributed by atoms with Crippen LogP contribution in [0.25, 0.3) is 10.1 Å². The zero-order valence-corrected chi connectivity index (χ0v) is 11.6. The summed E-state index contributed by atoms with van der Waals surface area (Å²) >= 11 is 8.07. The number of hydrogen-bond donors (Lipinski definition) is 1. The summed E-state index contributed by atoms with van der Waals surface area (Å²) in [7, 11) is 0. The van der Waals surface area contributed by atoms with Gasteiger partial charge in [-0.25, -0.2) is 4.99 Å². The first-order valence-corrected chi connectivity index (χ1v) is 7.14. The third kappa shape index (κ3) is 1.84. The molecule has 0 saturated heterocycles. The van der Waals surface area contributed by atoms with Crippen LogP contribution in [0.3, 0.4) is 0 Å². The van der Waals surface area contributed by atoms with Gasteiger partial charge >= 0.3 is 0 Å². The van der Waals surface area contributed by atoms with Crippen LogP contribution >= 0.6 is 22.9 Å². The summed E-state index contributed by atoms with van der Waals surface area (Å²) in [5, 5.41) is 5.33. The predicted octanol–water partition coefficient (Wildman–Crippen LogP) is 4.22. The van der Waals surface area contributed by atoms with E-state index in [9.17, 15) is 0 Å². The molecule has 2 aromatic rings. The first-order valence-electron chi connectivity index (χ1n) is 5.95. The van der Waals surface area contributed by atoms with Crippen molar-refractivity contribution in [2.75, 3.05) is 0 Å². The van der Waals surface area contributed by atoms with Gasteiger partial charge in [0.05, 0.1) is 17.4 Å². The second-order valence-electron chi connectivity index (χ2n) is 4.19. The van der Waals surface area contributed by atoms with E-state index in [-0.39, 0.29) is 6.04 Å². The zero-order valence-electron chi connectivity index (χ0n) is 9.98. The second kappa shape index (κ2) is 4.75. The highest BCUT2D eigenvalue weighted by Crippen LogP contribution is 2.39. The average molecular weight is 277 g/mol. The van der Waals surface area contributed by atoms with Crippen molar-refractivity contribution in [2.45, 2.75) is 19.4 Å². The summed E-state index contributed by atoms with van der Waals surface area (Å²) in [6.45, 7) is 2.19. The van der Waals surface area contributed by atoms with E-state index in [0.29, 0.717) is 0 Å². The van der Waals surface area contributed by atoms with Crippen LogP contribution in [0.1, 0.15) is 23.4 Å². The highest BCUT2D eigenvalue weighted by atomic mass is 35.5. The number of nitrogens with one attached hydrogen (secondary N) is 1. The largest absolute Gasteiger partial charge is 0.363 e. The first-order chi connectivity index (χ1) is 8.81. The van der Waals surface area contributed by atoms with E-state index < -0.39 is 0 Å². The summed E-state index contributed by atoms with van der Waals surface area (Å²) in [5.41, 5.74) is 1.38. The van der Waals surface area contributed by atoms with Crippen LogP contribution in [-0.2, 0) is 6.42 Å². The van der Waals surface area contributed by atoms with Crippen LogP contribution in [0.4, 0.5) is 0 Å². The summed E-state index contributed by atoms with van der Waals surface area (Å²) < 4.78 is 1.32. The third-order valence-corrected chi connectivity index (χ3v) is 4.73. The maximum absolute atomic E-state index is 6.27. The van der Waals surface area contributed by atoms with E-state index in [1.807, 2.05) is 11.3 Å². The molecule has 18 heavy (non-hydrogen) atoms. The number of rotatable bonds is 2. The molecule has 2 nitrogen and oxygen atoms in total. The molecule has 1 aromatic carbocycles. The molecule has 0 aliphatic carbocycles. The van der Waals surface area contributed by atoms with Gasteiger partial charge in [-0.15, -0.1) is 11.3 Å². The van der Waals surface area contributed by atoms with Crippen molar-refractivity contribution in [1.82, 2.24) is 5.32 Å². The van der Waals surface area contributed by atoms with Crippen LogP contribution in [0, 0.1) is 0 Å². The minimum absolute atomic E-state index is 0.0523. The maximum atomic E-state index is 6.27. The van der Waals surface area contributed by atoms with Crippen molar-refractivity contribution in [3.8, 4) is 0 Å². The van der Waals surface area contributed by atoms with Gasteiger partial charge in [-0.05, 0) is 23.4 Å². The van der Waals surface area contributed by atoms with Crippen molar-refractivity contribution >= 4 is 39.4 Å². The summed E-state index contributed by atoms with van der Waals surface area (Å²) in [4.78, 5) is 5.32. The van der Waals surface area contributed by atoms with Gasteiger partial charge in [0.25, 0.3) is 0 Å². The van der Waals surface area contributed by atoms with Crippen LogP contribution in [0.2, 0.25) is 0 Å². The van der Waals surface area contributed by atoms with Crippen molar-refractivity contribution in [1.29, 1.82) is 0 Å². The molecule has 0 radical (unpaired) electrons. The van der Waals surface area contributed by atoms with Crippen molar-refractivity contribution in [3.05, 3.63) is 45.9 Å². The average Bonchev–Trinajstić information content (AvgIpc) is 2.77. The lowest BCUT2D eigenvalue weighted by molar-refractivity contribution is 0.782. The van der Waals surface area contributed by atoms with Crippen LogP contribution < -0.4 is 5.32 Å². The first kappa shape index (κ1) is 11.8. The number of aryl methyl sites for hydroxylation is 1. The Morgan fingerprint density at radius 1 is 1.39 bits per heavy atom. The summed E-state index contributed by atoms with van der Waals surface area (Å²) in [6.07, 6.45) is 4.44. The second-order valence-corrected chi connectivity index (χ2v) is 5.71. The fraction of sp³-hybridized carbons (Fsp3) is 0.214. The van der Waals surface area contributed by atoms with E-state index in [0.717, 1.165) is 11.5 Å². The Balaban J connectivity index is 2.17. The molecule has 4 heteroatoms. The maximum Gasteiger partial charge on any atom is 0.0993 e. The van der Waals surface area contributed by atoms with E-state index in [2.05, 4.69) is 41.5 Å². The van der Waals surface area contributed by atoms with Crippen LogP contribution in [0.5, 0.6) is 0 Å². The zero-order chi connectivity index (χ0) is 12.5. The van der Waals surface area contributed by atoms with Crippen molar-refractivity contribution < 1.29 is 0 Å². The number of benzene rings is 1. The van der Waals surface area contributed by atoms with Crippen LogP contribution in [-0.4, -0.2) is 6.34 Å². The Morgan fingerprint density at radius 3 is 3.00 bits per heavy atom. The molecule has 1 aliphatic rings. The topological polar surface area (TPSA) is 24.4 Å². The van der Waals surface area contributed by atoms with Crippen molar-refractivity contribution in [2.24, 2.45) is 4.99 Å². The highest BCUT2D eigenvalue weighted by molar-refractivity contribution is 7.19. The molecule has 0 fully saturated rings. The molecule has 92 valence electrons. The molecule has 1 unspecified atom stereocenters. The number of aliphatic imine (C=N–C) groups is 1. The quantitative estimate of drug-likeness (QED) is 0.873. The number of nitrogens with zero attached hydrogens (tertiary/aromatic N) is 1. The summed E-state index contributed by atoms with van der Waals surface area (Å²) in [6, 6.07) is 8.57. The van der Waals surface area contributed by atoms with E-state index in [1.165, 1.54) is 20.5 Å². The Morgan fingerprint density at radius 2 is 2.22 bits per heavy atom. The smallest absolute Gasteiger partial charge is 0.0993 e. The number of fused-ring (bicyclic) bond motifs is 1. The highest BCUT2D eigenvalue weighted by Gasteiger charge is 2.22. The molecule has 0 saturated carbocycles. The molecule has 1 aliphatic heterocycles. The molecule has 0 spiro atoms. The Kier molecular flexibility index (Phi) is 3.10. The van der Waals surface area contributed by atoms with E-state index in [1.54, 1.807) is 12.5 Å². The monoisotopic (exact) mass is 276 g/mol. The fourth-order valence-electron chi connectivity index (χ4n) is 2.30. The molecule has 0 bridgehead atoms. The SMILES string of the molecule is CCc1c(C2NC=NC=C2Cl)sc2ccccc12.